The number of rotatable bonds is 8. The molecule has 9 nitrogen and oxygen atoms in total. The molecule has 186 valence electrons. The highest BCUT2D eigenvalue weighted by Crippen LogP contribution is 2.45. The summed E-state index contributed by atoms with van der Waals surface area (Å²) in [7, 11) is 3.02. The number of ether oxygens (including phenoxy) is 2. The number of methoxy groups -OCH3 is 2. The van der Waals surface area contributed by atoms with Crippen LogP contribution in [0.1, 0.15) is 19.3 Å². The summed E-state index contributed by atoms with van der Waals surface area (Å²) in [6.45, 7) is 3.49. The number of aliphatic imine (C=N–C) groups is 1. The van der Waals surface area contributed by atoms with Crippen LogP contribution in [0, 0.1) is 0 Å². The van der Waals surface area contributed by atoms with Crippen LogP contribution in [0.5, 0.6) is 11.5 Å². The highest BCUT2D eigenvalue weighted by molar-refractivity contribution is 6.41. The maximum atomic E-state index is 11.7. The van der Waals surface area contributed by atoms with Crippen molar-refractivity contribution < 1.29 is 14.3 Å². The zero-order valence-corrected chi connectivity index (χ0v) is 21.2. The molecule has 1 aliphatic carbocycles. The van der Waals surface area contributed by atoms with Gasteiger partial charge in [-0.15, -0.1) is 0 Å². The molecular formula is C25H24Cl2N6O3. The minimum Gasteiger partial charge on any atom is -0.495 e. The second-order valence-corrected chi connectivity index (χ2v) is 8.59. The minimum atomic E-state index is -0.348. The van der Waals surface area contributed by atoms with Gasteiger partial charge in [0, 0.05) is 29.6 Å². The molecule has 2 N–H and O–H groups in total. The van der Waals surface area contributed by atoms with Gasteiger partial charge in [0.2, 0.25) is 0 Å². The number of carbonyl (C=O) groups excluding carboxylic acids is 1. The number of amides is 1. The molecule has 1 fully saturated rings. The lowest BCUT2D eigenvalue weighted by atomic mass is 10.1. The summed E-state index contributed by atoms with van der Waals surface area (Å²) in [6, 6.07) is 6.99. The van der Waals surface area contributed by atoms with E-state index in [2.05, 4.69) is 37.2 Å². The number of halogens is 2. The lowest BCUT2D eigenvalue weighted by molar-refractivity contribution is -0.113. The molecule has 2 aromatic heterocycles. The summed E-state index contributed by atoms with van der Waals surface area (Å²) in [4.78, 5) is 29.1. The van der Waals surface area contributed by atoms with Crippen molar-refractivity contribution >= 4 is 52.1 Å². The van der Waals surface area contributed by atoms with Gasteiger partial charge in [-0.05, 0) is 37.5 Å². The maximum Gasteiger partial charge on any atom is 0.269 e. The number of anilines is 3. The molecule has 1 saturated carbocycles. The summed E-state index contributed by atoms with van der Waals surface area (Å²) in [5.74, 6) is 1.52. The Morgan fingerprint density at radius 1 is 1.17 bits per heavy atom. The Hall–Kier alpha value is -3.69. The van der Waals surface area contributed by atoms with Crippen LogP contribution in [0.25, 0.3) is 11.3 Å². The molecule has 4 rings (SSSR count). The Morgan fingerprint density at radius 3 is 2.61 bits per heavy atom. The number of nitrogens with one attached hydrogen (secondary N) is 2. The van der Waals surface area contributed by atoms with Crippen LogP contribution < -0.4 is 20.1 Å². The normalized spacial score (nSPS) is 16.0. The van der Waals surface area contributed by atoms with Crippen molar-refractivity contribution in [1.29, 1.82) is 0 Å². The van der Waals surface area contributed by atoms with Crippen LogP contribution in [0.3, 0.4) is 0 Å². The zero-order chi connectivity index (χ0) is 25.7. The molecule has 0 unspecified atom stereocenters. The molecule has 2 heterocycles. The van der Waals surface area contributed by atoms with E-state index in [1.54, 1.807) is 18.3 Å². The molecule has 1 amide bonds. The average Bonchev–Trinajstić information content (AvgIpc) is 3.33. The molecular weight excluding hydrogens is 503 g/mol. The molecule has 1 aliphatic rings. The lowest BCUT2D eigenvalue weighted by Gasteiger charge is -2.17. The fraction of sp³-hybridized carbons (Fsp3) is 0.240. The van der Waals surface area contributed by atoms with E-state index in [1.165, 1.54) is 26.6 Å². The standard InChI is InChI=1S/C25H24Cl2N6O3/c1-4-21(34)32-16-9-5-8-15(16)31-20-11-17(29-13-30-20)14-7-6-10-28-25(14)33-24-22(26)18(35-2)12-19(36-3)23(24)27/h4,6-7,10-13,15H,1,5,8-9H2,2-3H3,(H,28,33)(H,29,30,31)/t15-/m0/s1. The largest absolute Gasteiger partial charge is 0.495 e. The van der Waals surface area contributed by atoms with Crippen LogP contribution >= 0.6 is 23.2 Å². The summed E-state index contributed by atoms with van der Waals surface area (Å²) in [5, 5.41) is 7.14. The van der Waals surface area contributed by atoms with Crippen LogP contribution in [-0.2, 0) is 4.79 Å². The lowest BCUT2D eigenvalue weighted by Crippen LogP contribution is -2.25. The van der Waals surface area contributed by atoms with Gasteiger partial charge in [0.25, 0.3) is 5.91 Å². The Labute approximate surface area is 218 Å². The van der Waals surface area contributed by atoms with E-state index < -0.39 is 0 Å². The van der Waals surface area contributed by atoms with Gasteiger partial charge in [0.15, 0.2) is 0 Å². The van der Waals surface area contributed by atoms with E-state index in [-0.39, 0.29) is 22.0 Å². The molecule has 0 bridgehead atoms. The number of hydrogen-bond acceptors (Lipinski definition) is 8. The first-order chi connectivity index (χ1) is 17.4. The van der Waals surface area contributed by atoms with E-state index >= 15 is 0 Å². The average molecular weight is 527 g/mol. The Kier molecular flexibility index (Phi) is 8.02. The zero-order valence-electron chi connectivity index (χ0n) is 19.7. The summed E-state index contributed by atoms with van der Waals surface area (Å²) in [6.07, 6.45) is 6.83. The molecule has 1 atom stereocenters. The molecule has 0 aliphatic heterocycles. The predicted molar refractivity (Wildman–Crippen MR) is 142 cm³/mol. The number of aromatic nitrogens is 3. The first-order valence-electron chi connectivity index (χ1n) is 11.1. The maximum absolute atomic E-state index is 11.7. The van der Waals surface area contributed by atoms with Crippen LogP contribution in [0.2, 0.25) is 10.0 Å². The SMILES string of the molecule is C=CC(=O)N=C1CCC[C@@H]1Nc1cc(-c2cccnc2Nc2c(Cl)c(OC)cc(OC)c2Cl)ncn1. The molecule has 0 radical (unpaired) electrons. The first-order valence-corrected chi connectivity index (χ1v) is 11.9. The molecule has 11 heteroatoms. The molecule has 0 spiro atoms. The van der Waals surface area contributed by atoms with Crippen molar-refractivity contribution in [2.75, 3.05) is 24.9 Å². The van der Waals surface area contributed by atoms with Gasteiger partial charge in [-0.1, -0.05) is 29.8 Å². The van der Waals surface area contributed by atoms with Crippen LogP contribution in [-0.4, -0.2) is 46.8 Å². The molecule has 36 heavy (non-hydrogen) atoms. The van der Waals surface area contributed by atoms with Gasteiger partial charge in [-0.25, -0.2) is 19.9 Å². The van der Waals surface area contributed by atoms with Crippen LogP contribution in [0.15, 0.2) is 54.4 Å². The number of hydrogen-bond donors (Lipinski definition) is 2. The third kappa shape index (κ3) is 5.42. The Morgan fingerprint density at radius 2 is 1.92 bits per heavy atom. The van der Waals surface area contributed by atoms with Crippen molar-refractivity contribution in [3.63, 3.8) is 0 Å². The van der Waals surface area contributed by atoms with Crippen molar-refractivity contribution in [3.05, 3.63) is 59.5 Å². The van der Waals surface area contributed by atoms with E-state index in [9.17, 15) is 4.79 Å². The molecule has 3 aromatic rings. The van der Waals surface area contributed by atoms with E-state index in [1.807, 2.05) is 12.1 Å². The van der Waals surface area contributed by atoms with Crippen molar-refractivity contribution in [2.45, 2.75) is 25.3 Å². The molecule has 0 saturated heterocycles. The fourth-order valence-corrected chi connectivity index (χ4v) is 4.49. The van der Waals surface area contributed by atoms with E-state index in [0.29, 0.717) is 40.1 Å². The third-order valence-corrected chi connectivity index (χ3v) is 6.40. The van der Waals surface area contributed by atoms with Crippen molar-refractivity contribution in [1.82, 2.24) is 15.0 Å². The Bertz CT molecular complexity index is 1300. The number of benzene rings is 1. The Balaban J connectivity index is 1.66. The first kappa shape index (κ1) is 25.4. The van der Waals surface area contributed by atoms with Gasteiger partial charge in [0.05, 0.1) is 31.6 Å². The quantitative estimate of drug-likeness (QED) is 0.358. The van der Waals surface area contributed by atoms with Gasteiger partial charge < -0.3 is 20.1 Å². The molecule has 1 aromatic carbocycles. The van der Waals surface area contributed by atoms with Gasteiger partial charge in [0.1, 0.15) is 39.5 Å². The number of pyridine rings is 1. The van der Waals surface area contributed by atoms with Gasteiger partial charge in [-0.3, -0.25) is 4.79 Å². The van der Waals surface area contributed by atoms with E-state index in [4.69, 9.17) is 32.7 Å². The van der Waals surface area contributed by atoms with Gasteiger partial charge in [-0.2, -0.15) is 0 Å². The second-order valence-electron chi connectivity index (χ2n) is 7.83. The number of carbonyl (C=O) groups is 1. The number of nitrogens with zero attached hydrogens (tertiary/aromatic N) is 4. The second kappa shape index (κ2) is 11.4. The monoisotopic (exact) mass is 526 g/mol. The smallest absolute Gasteiger partial charge is 0.269 e. The summed E-state index contributed by atoms with van der Waals surface area (Å²) in [5.41, 5.74) is 2.49. The van der Waals surface area contributed by atoms with E-state index in [0.717, 1.165) is 25.0 Å². The minimum absolute atomic E-state index is 0.0926. The van der Waals surface area contributed by atoms with Crippen molar-refractivity contribution in [2.24, 2.45) is 4.99 Å². The van der Waals surface area contributed by atoms with Crippen LogP contribution in [0.4, 0.5) is 17.3 Å². The highest BCUT2D eigenvalue weighted by Gasteiger charge is 2.24. The predicted octanol–water partition coefficient (Wildman–Crippen LogP) is 5.72. The third-order valence-electron chi connectivity index (χ3n) is 5.65. The van der Waals surface area contributed by atoms with Gasteiger partial charge >= 0.3 is 0 Å². The summed E-state index contributed by atoms with van der Waals surface area (Å²) >= 11 is 13.1. The fourth-order valence-electron chi connectivity index (χ4n) is 3.89. The summed E-state index contributed by atoms with van der Waals surface area (Å²) < 4.78 is 10.7. The van der Waals surface area contributed by atoms with Crippen molar-refractivity contribution in [3.8, 4) is 22.8 Å². The highest BCUT2D eigenvalue weighted by atomic mass is 35.5. The topological polar surface area (TPSA) is 111 Å².